The summed E-state index contributed by atoms with van der Waals surface area (Å²) in [7, 11) is 1.58. The Hall–Kier alpha value is -2.08. The van der Waals surface area contributed by atoms with Crippen LogP contribution in [0.5, 0.6) is 0 Å². The lowest BCUT2D eigenvalue weighted by atomic mass is 10.1. The Labute approximate surface area is 125 Å². The lowest BCUT2D eigenvalue weighted by Crippen LogP contribution is -2.32. The van der Waals surface area contributed by atoms with Crippen LogP contribution in [0.3, 0.4) is 0 Å². The van der Waals surface area contributed by atoms with Gasteiger partial charge in [0.25, 0.3) is 5.91 Å². The van der Waals surface area contributed by atoms with E-state index in [0.717, 1.165) is 12.2 Å². The largest absolute Gasteiger partial charge is 0.385 e. The van der Waals surface area contributed by atoms with Gasteiger partial charge < -0.3 is 20.7 Å². The predicted octanol–water partition coefficient (Wildman–Crippen LogP) is 1.00. The number of rotatable bonds is 9. The number of carbonyl (C=O) groups is 2. The molecule has 0 spiro atoms. The van der Waals surface area contributed by atoms with Crippen molar-refractivity contribution in [1.82, 2.24) is 10.6 Å². The smallest absolute Gasteiger partial charge is 0.253 e. The molecule has 0 saturated carbocycles. The van der Waals surface area contributed by atoms with Crippen LogP contribution in [-0.2, 0) is 9.53 Å². The first-order chi connectivity index (χ1) is 10.2. The van der Waals surface area contributed by atoms with Gasteiger partial charge in [-0.2, -0.15) is 0 Å². The summed E-state index contributed by atoms with van der Waals surface area (Å²) in [6.45, 7) is 3.98. The van der Waals surface area contributed by atoms with Crippen LogP contribution in [0.2, 0.25) is 0 Å². The standard InChI is InChI=1S/C15H23N3O3/c1-3-16-13-7-5-4-6-12(13)15(20)18-9-8-14(19)17-10-11-21-2/h4-7,16H,3,8-11H2,1-2H3,(H,17,19)(H,18,20). The molecule has 0 fully saturated rings. The minimum Gasteiger partial charge on any atom is -0.385 e. The quantitative estimate of drug-likeness (QED) is 0.594. The maximum Gasteiger partial charge on any atom is 0.253 e. The molecule has 0 saturated heterocycles. The van der Waals surface area contributed by atoms with Gasteiger partial charge in [-0.05, 0) is 19.1 Å². The molecule has 0 aromatic heterocycles. The maximum atomic E-state index is 12.1. The molecule has 0 radical (unpaired) electrons. The fraction of sp³-hybridized carbons (Fsp3) is 0.467. The third-order valence-corrected chi connectivity index (χ3v) is 2.80. The molecule has 1 aromatic carbocycles. The monoisotopic (exact) mass is 293 g/mol. The van der Waals surface area contributed by atoms with Crippen molar-refractivity contribution in [1.29, 1.82) is 0 Å². The summed E-state index contributed by atoms with van der Waals surface area (Å²) in [5, 5.41) is 8.59. The molecule has 1 aromatic rings. The maximum absolute atomic E-state index is 12.1. The second-order valence-corrected chi connectivity index (χ2v) is 4.42. The molecule has 6 nitrogen and oxygen atoms in total. The number of nitrogens with one attached hydrogen (secondary N) is 3. The van der Waals surface area contributed by atoms with E-state index < -0.39 is 0 Å². The fourth-order valence-corrected chi connectivity index (χ4v) is 1.79. The van der Waals surface area contributed by atoms with Gasteiger partial charge in [0.2, 0.25) is 5.91 Å². The second kappa shape index (κ2) is 9.77. The summed E-state index contributed by atoms with van der Waals surface area (Å²) in [6.07, 6.45) is 0.249. The van der Waals surface area contributed by atoms with E-state index in [1.807, 2.05) is 25.1 Å². The van der Waals surface area contributed by atoms with Gasteiger partial charge in [0, 0.05) is 38.9 Å². The SMILES string of the molecule is CCNc1ccccc1C(=O)NCCC(=O)NCCOC. The number of benzene rings is 1. The minimum atomic E-state index is -0.184. The lowest BCUT2D eigenvalue weighted by Gasteiger charge is -2.11. The zero-order chi connectivity index (χ0) is 15.5. The molecule has 0 aliphatic carbocycles. The van der Waals surface area contributed by atoms with Crippen LogP contribution in [0.25, 0.3) is 0 Å². The Kier molecular flexibility index (Phi) is 7.89. The number of ether oxygens (including phenoxy) is 1. The fourth-order valence-electron chi connectivity index (χ4n) is 1.79. The molecule has 0 aliphatic heterocycles. The Morgan fingerprint density at radius 3 is 2.62 bits per heavy atom. The third-order valence-electron chi connectivity index (χ3n) is 2.80. The Balaban J connectivity index is 2.38. The van der Waals surface area contributed by atoms with Crippen LogP contribution in [0.1, 0.15) is 23.7 Å². The van der Waals surface area contributed by atoms with Gasteiger partial charge >= 0.3 is 0 Å². The van der Waals surface area contributed by atoms with Gasteiger partial charge in [-0.3, -0.25) is 9.59 Å². The topological polar surface area (TPSA) is 79.5 Å². The Morgan fingerprint density at radius 1 is 1.14 bits per heavy atom. The van der Waals surface area contributed by atoms with Crippen LogP contribution < -0.4 is 16.0 Å². The number of hydrogen-bond acceptors (Lipinski definition) is 4. The Bertz CT molecular complexity index is 463. The minimum absolute atomic E-state index is 0.104. The molecular formula is C15H23N3O3. The summed E-state index contributed by atoms with van der Waals surface area (Å²) >= 11 is 0. The zero-order valence-corrected chi connectivity index (χ0v) is 12.6. The summed E-state index contributed by atoms with van der Waals surface area (Å²) in [5.41, 5.74) is 1.38. The molecule has 0 aliphatic rings. The average molecular weight is 293 g/mol. The normalized spacial score (nSPS) is 10.0. The summed E-state index contributed by atoms with van der Waals surface area (Å²) in [5.74, 6) is -0.288. The van der Waals surface area contributed by atoms with Gasteiger partial charge in [0.15, 0.2) is 0 Å². The van der Waals surface area contributed by atoms with E-state index >= 15 is 0 Å². The molecule has 0 bridgehead atoms. The molecule has 3 N–H and O–H groups in total. The van der Waals surface area contributed by atoms with Gasteiger partial charge in [-0.15, -0.1) is 0 Å². The van der Waals surface area contributed by atoms with Crippen molar-refractivity contribution in [2.45, 2.75) is 13.3 Å². The molecule has 2 amide bonds. The number of hydrogen-bond donors (Lipinski definition) is 3. The van der Waals surface area contributed by atoms with Gasteiger partial charge in [-0.1, -0.05) is 12.1 Å². The van der Waals surface area contributed by atoms with E-state index in [9.17, 15) is 9.59 Å². The van der Waals surface area contributed by atoms with E-state index in [0.29, 0.717) is 25.3 Å². The molecule has 116 valence electrons. The first-order valence-electron chi connectivity index (χ1n) is 7.05. The molecule has 6 heteroatoms. The second-order valence-electron chi connectivity index (χ2n) is 4.42. The van der Waals surface area contributed by atoms with Crippen molar-refractivity contribution < 1.29 is 14.3 Å². The van der Waals surface area contributed by atoms with Crippen LogP contribution in [0.15, 0.2) is 24.3 Å². The van der Waals surface area contributed by atoms with E-state index in [4.69, 9.17) is 4.74 Å². The number of para-hydroxylation sites is 1. The molecule has 21 heavy (non-hydrogen) atoms. The van der Waals surface area contributed by atoms with E-state index in [1.165, 1.54) is 0 Å². The van der Waals surface area contributed by atoms with Crippen LogP contribution in [-0.4, -0.2) is 45.2 Å². The highest BCUT2D eigenvalue weighted by molar-refractivity contribution is 5.99. The predicted molar refractivity (Wildman–Crippen MR) is 82.4 cm³/mol. The van der Waals surface area contributed by atoms with E-state index in [-0.39, 0.29) is 18.2 Å². The Morgan fingerprint density at radius 2 is 1.90 bits per heavy atom. The summed E-state index contributed by atoms with van der Waals surface area (Å²) in [4.78, 5) is 23.6. The first-order valence-corrected chi connectivity index (χ1v) is 7.05. The molecule has 1 rings (SSSR count). The first kappa shape index (κ1) is 17.0. The highest BCUT2D eigenvalue weighted by atomic mass is 16.5. The number of amides is 2. The van der Waals surface area contributed by atoms with Crippen LogP contribution in [0, 0.1) is 0 Å². The third kappa shape index (κ3) is 6.27. The number of carbonyl (C=O) groups excluding carboxylic acids is 2. The van der Waals surface area contributed by atoms with Gasteiger partial charge in [0.05, 0.1) is 12.2 Å². The van der Waals surface area contributed by atoms with Gasteiger partial charge in [0.1, 0.15) is 0 Å². The van der Waals surface area contributed by atoms with Crippen LogP contribution >= 0.6 is 0 Å². The van der Waals surface area contributed by atoms with Crippen molar-refractivity contribution >= 4 is 17.5 Å². The zero-order valence-electron chi connectivity index (χ0n) is 12.6. The molecule has 0 heterocycles. The number of anilines is 1. The van der Waals surface area contributed by atoms with Gasteiger partial charge in [-0.25, -0.2) is 0 Å². The summed E-state index contributed by atoms with van der Waals surface area (Å²) < 4.78 is 4.84. The molecule has 0 atom stereocenters. The van der Waals surface area contributed by atoms with Crippen molar-refractivity contribution in [3.05, 3.63) is 29.8 Å². The highest BCUT2D eigenvalue weighted by Gasteiger charge is 2.10. The molecule has 0 unspecified atom stereocenters. The highest BCUT2D eigenvalue weighted by Crippen LogP contribution is 2.14. The van der Waals surface area contributed by atoms with Crippen molar-refractivity contribution in [3.8, 4) is 0 Å². The van der Waals surface area contributed by atoms with Crippen molar-refractivity contribution in [3.63, 3.8) is 0 Å². The van der Waals surface area contributed by atoms with E-state index in [1.54, 1.807) is 13.2 Å². The average Bonchev–Trinajstić information content (AvgIpc) is 2.48. The van der Waals surface area contributed by atoms with Crippen molar-refractivity contribution in [2.24, 2.45) is 0 Å². The van der Waals surface area contributed by atoms with Crippen molar-refractivity contribution in [2.75, 3.05) is 38.7 Å². The molecular weight excluding hydrogens is 270 g/mol. The number of methoxy groups -OCH3 is 1. The van der Waals surface area contributed by atoms with Crippen LogP contribution in [0.4, 0.5) is 5.69 Å². The van der Waals surface area contributed by atoms with E-state index in [2.05, 4.69) is 16.0 Å². The lowest BCUT2D eigenvalue weighted by molar-refractivity contribution is -0.121. The summed E-state index contributed by atoms with van der Waals surface area (Å²) in [6, 6.07) is 7.30.